The van der Waals surface area contributed by atoms with Gasteiger partial charge in [-0.3, -0.25) is 4.79 Å². The van der Waals surface area contributed by atoms with Crippen LogP contribution < -0.4 is 16.4 Å². The summed E-state index contributed by atoms with van der Waals surface area (Å²) in [5.74, 6) is 0.450. The van der Waals surface area contributed by atoms with Crippen LogP contribution in [-0.2, 0) is 16.1 Å². The van der Waals surface area contributed by atoms with Gasteiger partial charge in [0, 0.05) is 31.9 Å². The largest absolute Gasteiger partial charge is 0.382 e. The summed E-state index contributed by atoms with van der Waals surface area (Å²) in [5, 5.41) is 5.93. The van der Waals surface area contributed by atoms with Crippen molar-refractivity contribution in [3.63, 3.8) is 0 Å². The average Bonchev–Trinajstić information content (AvgIpc) is 2.53. The molecule has 1 aromatic carbocycles. The maximum absolute atomic E-state index is 11.6. The predicted octanol–water partition coefficient (Wildman–Crippen LogP) is 2.87. The number of aliphatic imine (C=N–C) groups is 1. The Kier molecular flexibility index (Phi) is 13.2. The monoisotopic (exact) mass is 448 g/mol. The van der Waals surface area contributed by atoms with Crippen LogP contribution in [0, 0.1) is 0 Å². The topological polar surface area (TPSA) is 88.7 Å². The van der Waals surface area contributed by atoms with E-state index in [0.29, 0.717) is 18.9 Å². The number of rotatable bonds is 10. The van der Waals surface area contributed by atoms with Crippen molar-refractivity contribution in [2.24, 2.45) is 10.7 Å². The highest BCUT2D eigenvalue weighted by Crippen LogP contribution is 2.12. The standard InChI is InChI=1S/C17H28N4O2.HI/c1-3-7-16(22)21-15-9-5-8-14(12-15)13-20-17(18)19-10-6-11-23-4-2;/h5,8-9,12H,3-4,6-7,10-11,13H2,1-2H3,(H,21,22)(H3,18,19,20);1H. The van der Waals surface area contributed by atoms with Gasteiger partial charge in [0.25, 0.3) is 0 Å². The zero-order valence-corrected chi connectivity index (χ0v) is 16.8. The number of nitrogens with zero attached hydrogens (tertiary/aromatic N) is 1. The number of hydrogen-bond acceptors (Lipinski definition) is 3. The molecule has 0 aliphatic carbocycles. The number of carbonyl (C=O) groups is 1. The lowest BCUT2D eigenvalue weighted by molar-refractivity contribution is -0.116. The molecule has 7 heteroatoms. The van der Waals surface area contributed by atoms with Crippen molar-refractivity contribution in [3.05, 3.63) is 29.8 Å². The van der Waals surface area contributed by atoms with Gasteiger partial charge in [0.05, 0.1) is 6.54 Å². The highest BCUT2D eigenvalue weighted by molar-refractivity contribution is 14.0. The van der Waals surface area contributed by atoms with Crippen molar-refractivity contribution in [3.8, 4) is 0 Å². The van der Waals surface area contributed by atoms with Crippen molar-refractivity contribution in [2.75, 3.05) is 25.1 Å². The number of carbonyl (C=O) groups excluding carboxylic acids is 1. The number of ether oxygens (including phenoxy) is 1. The van der Waals surface area contributed by atoms with Crippen molar-refractivity contribution >= 4 is 41.5 Å². The Balaban J connectivity index is 0.00000529. The molecule has 0 heterocycles. The predicted molar refractivity (Wildman–Crippen MR) is 110 cm³/mol. The maximum atomic E-state index is 11.6. The molecule has 6 nitrogen and oxygen atoms in total. The summed E-state index contributed by atoms with van der Waals surface area (Å²) < 4.78 is 5.25. The molecule has 136 valence electrons. The Morgan fingerprint density at radius 3 is 2.83 bits per heavy atom. The molecule has 0 aliphatic rings. The lowest BCUT2D eigenvalue weighted by atomic mass is 10.2. The zero-order valence-electron chi connectivity index (χ0n) is 14.5. The molecule has 0 spiro atoms. The van der Waals surface area contributed by atoms with Gasteiger partial charge in [-0.25, -0.2) is 4.99 Å². The maximum Gasteiger partial charge on any atom is 0.224 e. The van der Waals surface area contributed by atoms with Crippen LogP contribution in [0.15, 0.2) is 29.3 Å². The van der Waals surface area contributed by atoms with Gasteiger partial charge >= 0.3 is 0 Å². The molecule has 1 amide bonds. The molecule has 4 N–H and O–H groups in total. The molecule has 1 aromatic rings. The number of benzene rings is 1. The minimum atomic E-state index is 0. The molecule has 0 aromatic heterocycles. The second kappa shape index (κ2) is 14.0. The Labute approximate surface area is 161 Å². The van der Waals surface area contributed by atoms with E-state index in [0.717, 1.165) is 43.9 Å². The van der Waals surface area contributed by atoms with Gasteiger partial charge in [-0.05, 0) is 37.5 Å². The van der Waals surface area contributed by atoms with E-state index in [4.69, 9.17) is 10.5 Å². The third kappa shape index (κ3) is 10.4. The van der Waals surface area contributed by atoms with Gasteiger partial charge in [0.1, 0.15) is 0 Å². The molecule has 0 aliphatic heterocycles. The molecular weight excluding hydrogens is 419 g/mol. The van der Waals surface area contributed by atoms with Gasteiger partial charge in [0.2, 0.25) is 5.91 Å². The van der Waals surface area contributed by atoms with Crippen LogP contribution in [0.25, 0.3) is 0 Å². The molecule has 1 rings (SSSR count). The van der Waals surface area contributed by atoms with Gasteiger partial charge in [-0.1, -0.05) is 19.1 Å². The SMILES string of the molecule is CCCC(=O)Nc1cccc(CN=C(N)NCCCOCC)c1.I. The van der Waals surface area contributed by atoms with Gasteiger partial charge in [0.15, 0.2) is 5.96 Å². The Morgan fingerprint density at radius 2 is 2.12 bits per heavy atom. The second-order valence-electron chi connectivity index (χ2n) is 5.18. The van der Waals surface area contributed by atoms with E-state index in [1.165, 1.54) is 0 Å². The fraction of sp³-hybridized carbons (Fsp3) is 0.529. The molecular formula is C17H29IN4O2. The van der Waals surface area contributed by atoms with E-state index in [1.807, 2.05) is 38.1 Å². The van der Waals surface area contributed by atoms with E-state index >= 15 is 0 Å². The number of guanidine groups is 1. The number of hydrogen-bond donors (Lipinski definition) is 3. The number of halogens is 1. The van der Waals surface area contributed by atoms with Crippen LogP contribution in [0.1, 0.15) is 38.7 Å². The summed E-state index contributed by atoms with van der Waals surface area (Å²) in [7, 11) is 0. The van der Waals surface area contributed by atoms with Crippen molar-refractivity contribution in [1.82, 2.24) is 5.32 Å². The van der Waals surface area contributed by atoms with E-state index in [9.17, 15) is 4.79 Å². The molecule has 0 saturated carbocycles. The van der Waals surface area contributed by atoms with E-state index in [2.05, 4.69) is 15.6 Å². The van der Waals surface area contributed by atoms with E-state index in [1.54, 1.807) is 0 Å². The molecule has 0 radical (unpaired) electrons. The van der Waals surface area contributed by atoms with Gasteiger partial charge in [-0.2, -0.15) is 0 Å². The minimum Gasteiger partial charge on any atom is -0.382 e. The lowest BCUT2D eigenvalue weighted by Crippen LogP contribution is -2.32. The van der Waals surface area contributed by atoms with Crippen LogP contribution in [0.5, 0.6) is 0 Å². The normalized spacial score (nSPS) is 10.8. The summed E-state index contributed by atoms with van der Waals surface area (Å²) >= 11 is 0. The fourth-order valence-electron chi connectivity index (χ4n) is 1.97. The summed E-state index contributed by atoms with van der Waals surface area (Å²) in [6.45, 7) is 6.62. The van der Waals surface area contributed by atoms with Crippen molar-refractivity contribution in [1.29, 1.82) is 0 Å². The first-order valence-electron chi connectivity index (χ1n) is 8.16. The Hall–Kier alpha value is -1.35. The van der Waals surface area contributed by atoms with Crippen LogP contribution in [0.3, 0.4) is 0 Å². The molecule has 0 saturated heterocycles. The average molecular weight is 448 g/mol. The zero-order chi connectivity index (χ0) is 16.9. The fourth-order valence-corrected chi connectivity index (χ4v) is 1.97. The summed E-state index contributed by atoms with van der Waals surface area (Å²) in [6.07, 6.45) is 2.26. The van der Waals surface area contributed by atoms with E-state index < -0.39 is 0 Å². The van der Waals surface area contributed by atoms with Crippen LogP contribution in [-0.4, -0.2) is 31.6 Å². The Morgan fingerprint density at radius 1 is 1.33 bits per heavy atom. The second-order valence-corrected chi connectivity index (χ2v) is 5.18. The highest BCUT2D eigenvalue weighted by Gasteiger charge is 2.01. The molecule has 24 heavy (non-hydrogen) atoms. The summed E-state index contributed by atoms with van der Waals surface area (Å²) in [5.41, 5.74) is 7.61. The lowest BCUT2D eigenvalue weighted by Gasteiger charge is -2.07. The van der Waals surface area contributed by atoms with Crippen molar-refractivity contribution < 1.29 is 9.53 Å². The number of anilines is 1. The Bertz CT molecular complexity index is 509. The number of amides is 1. The molecule has 0 unspecified atom stereocenters. The minimum absolute atomic E-state index is 0. The first kappa shape index (κ1) is 22.6. The smallest absolute Gasteiger partial charge is 0.224 e. The third-order valence-corrected chi connectivity index (χ3v) is 3.10. The third-order valence-electron chi connectivity index (χ3n) is 3.10. The highest BCUT2D eigenvalue weighted by atomic mass is 127. The van der Waals surface area contributed by atoms with Crippen LogP contribution >= 0.6 is 24.0 Å². The first-order valence-corrected chi connectivity index (χ1v) is 8.16. The summed E-state index contributed by atoms with van der Waals surface area (Å²) in [6, 6.07) is 7.65. The molecule has 0 bridgehead atoms. The summed E-state index contributed by atoms with van der Waals surface area (Å²) in [4.78, 5) is 15.9. The quantitative estimate of drug-likeness (QED) is 0.222. The van der Waals surface area contributed by atoms with E-state index in [-0.39, 0.29) is 29.9 Å². The van der Waals surface area contributed by atoms with Crippen molar-refractivity contribution in [2.45, 2.75) is 39.7 Å². The van der Waals surface area contributed by atoms with Gasteiger partial charge in [-0.15, -0.1) is 24.0 Å². The van der Waals surface area contributed by atoms with Gasteiger partial charge < -0.3 is 21.1 Å². The van der Waals surface area contributed by atoms with Crippen LogP contribution in [0.4, 0.5) is 5.69 Å². The number of nitrogens with two attached hydrogens (primary N) is 1. The molecule has 0 fully saturated rings. The van der Waals surface area contributed by atoms with Crippen LogP contribution in [0.2, 0.25) is 0 Å². The first-order chi connectivity index (χ1) is 11.2. The number of nitrogens with one attached hydrogen (secondary N) is 2. The molecule has 0 atom stereocenters.